The quantitative estimate of drug-likeness (QED) is 0.206. The molecule has 0 aliphatic heterocycles. The van der Waals surface area contributed by atoms with Gasteiger partial charge in [0.15, 0.2) is 5.78 Å². The highest BCUT2D eigenvalue weighted by molar-refractivity contribution is 6.38. The second-order valence-corrected chi connectivity index (χ2v) is 3.67. The van der Waals surface area contributed by atoms with Gasteiger partial charge < -0.3 is 9.84 Å². The Hall–Kier alpha value is -2.77. The third-order valence-corrected chi connectivity index (χ3v) is 2.34. The van der Waals surface area contributed by atoms with E-state index in [2.05, 4.69) is 4.74 Å². The molecule has 0 saturated carbocycles. The van der Waals surface area contributed by atoms with Crippen LogP contribution in [0.1, 0.15) is 23.7 Å². The first-order chi connectivity index (χ1) is 9.38. The number of carbonyl (C=O) groups is 3. The number of nitrogens with zero attached hydrogens (tertiary/aromatic N) is 1. The van der Waals surface area contributed by atoms with Crippen molar-refractivity contribution in [2.24, 2.45) is 0 Å². The van der Waals surface area contributed by atoms with Crippen molar-refractivity contribution in [2.45, 2.75) is 13.3 Å². The monoisotopic (exact) mass is 281 g/mol. The molecule has 0 atom stereocenters. The third-order valence-electron chi connectivity index (χ3n) is 2.34. The second kappa shape index (κ2) is 6.41. The van der Waals surface area contributed by atoms with Crippen LogP contribution in [0.15, 0.2) is 18.2 Å². The van der Waals surface area contributed by atoms with Gasteiger partial charge in [0.25, 0.3) is 0 Å². The number of rotatable bonds is 6. The Bertz CT molecular complexity index is 579. The number of para-hydroxylation sites is 1. The van der Waals surface area contributed by atoms with Gasteiger partial charge in [-0.2, -0.15) is 0 Å². The fourth-order valence-corrected chi connectivity index (χ4v) is 1.43. The molecule has 1 aromatic rings. The maximum Gasteiger partial charge on any atom is 0.375 e. The highest BCUT2D eigenvalue weighted by Gasteiger charge is 2.25. The summed E-state index contributed by atoms with van der Waals surface area (Å²) in [4.78, 5) is 43.9. The average molecular weight is 281 g/mol. The van der Waals surface area contributed by atoms with Crippen molar-refractivity contribution < 1.29 is 29.2 Å². The average Bonchev–Trinajstić information content (AvgIpc) is 2.38. The molecule has 1 N–H and O–H groups in total. The number of hydrogen-bond acceptors (Lipinski definition) is 7. The van der Waals surface area contributed by atoms with Gasteiger partial charge in [-0.15, -0.1) is 0 Å². The van der Waals surface area contributed by atoms with E-state index >= 15 is 0 Å². The van der Waals surface area contributed by atoms with Gasteiger partial charge in [-0.25, -0.2) is 4.79 Å². The van der Waals surface area contributed by atoms with Gasteiger partial charge in [0.05, 0.1) is 23.5 Å². The number of nitro benzene ring substituents is 1. The normalized spacial score (nSPS) is 9.85. The predicted molar refractivity (Wildman–Crippen MR) is 65.3 cm³/mol. The van der Waals surface area contributed by atoms with Crippen LogP contribution in [0.5, 0.6) is 5.75 Å². The van der Waals surface area contributed by atoms with Gasteiger partial charge in [-0.05, 0) is 13.0 Å². The fourth-order valence-electron chi connectivity index (χ4n) is 1.43. The predicted octanol–water partition coefficient (Wildman–Crippen LogP) is 1.01. The Balaban J connectivity index is 2.94. The van der Waals surface area contributed by atoms with E-state index in [9.17, 15) is 29.6 Å². The highest BCUT2D eigenvalue weighted by Crippen LogP contribution is 2.30. The fraction of sp³-hybridized carbons (Fsp3) is 0.250. The minimum atomic E-state index is -1.16. The molecule has 106 valence electrons. The summed E-state index contributed by atoms with van der Waals surface area (Å²) in [6.45, 7) is 1.49. The molecule has 0 bridgehead atoms. The van der Waals surface area contributed by atoms with Gasteiger partial charge in [0.1, 0.15) is 0 Å². The molecular formula is C12H11NO7. The number of ether oxygens (including phenoxy) is 1. The van der Waals surface area contributed by atoms with Crippen LogP contribution in [0.25, 0.3) is 0 Å². The van der Waals surface area contributed by atoms with Gasteiger partial charge in [-0.1, -0.05) is 6.07 Å². The highest BCUT2D eigenvalue weighted by atomic mass is 16.6. The smallest absolute Gasteiger partial charge is 0.375 e. The van der Waals surface area contributed by atoms with Crippen LogP contribution >= 0.6 is 0 Å². The number of ketones is 2. The van der Waals surface area contributed by atoms with Gasteiger partial charge >= 0.3 is 11.7 Å². The molecule has 0 aromatic heterocycles. The summed E-state index contributed by atoms with van der Waals surface area (Å²) in [5.41, 5.74) is -1.05. The van der Waals surface area contributed by atoms with Gasteiger partial charge in [-0.3, -0.25) is 19.7 Å². The molecule has 0 amide bonds. The maximum absolute atomic E-state index is 11.7. The summed E-state index contributed by atoms with van der Waals surface area (Å²) in [5, 5.41) is 20.2. The molecule has 0 spiro atoms. The lowest BCUT2D eigenvalue weighted by Gasteiger charge is -2.04. The summed E-state index contributed by atoms with van der Waals surface area (Å²) in [6, 6.07) is 3.34. The Morgan fingerprint density at radius 3 is 2.55 bits per heavy atom. The Morgan fingerprint density at radius 2 is 2.00 bits per heavy atom. The van der Waals surface area contributed by atoms with E-state index in [-0.39, 0.29) is 6.61 Å². The molecule has 0 unspecified atom stereocenters. The van der Waals surface area contributed by atoms with Crippen LogP contribution < -0.4 is 0 Å². The Morgan fingerprint density at radius 1 is 1.35 bits per heavy atom. The molecule has 0 saturated heterocycles. The van der Waals surface area contributed by atoms with Crippen molar-refractivity contribution in [1.82, 2.24) is 0 Å². The number of aromatic hydroxyl groups is 1. The number of hydrogen-bond donors (Lipinski definition) is 1. The minimum absolute atomic E-state index is 0.0131. The first kappa shape index (κ1) is 15.3. The van der Waals surface area contributed by atoms with Crippen LogP contribution in [0.3, 0.4) is 0 Å². The van der Waals surface area contributed by atoms with E-state index in [0.29, 0.717) is 0 Å². The van der Waals surface area contributed by atoms with Crippen LogP contribution in [-0.4, -0.2) is 34.2 Å². The van der Waals surface area contributed by atoms with E-state index in [0.717, 1.165) is 12.1 Å². The van der Waals surface area contributed by atoms with Crippen LogP contribution in [0.4, 0.5) is 5.69 Å². The summed E-state index contributed by atoms with van der Waals surface area (Å²) in [6.07, 6.45) is -0.826. The lowest BCUT2D eigenvalue weighted by atomic mass is 10.0. The standard InChI is InChI=1S/C12H11NO7/c1-2-20-12(17)10(15)6-9(14)7-4-3-5-8(11(7)16)13(18)19/h3-5,16H,2,6H2,1H3. The molecule has 0 radical (unpaired) electrons. The molecular weight excluding hydrogens is 270 g/mol. The van der Waals surface area contributed by atoms with E-state index in [1.165, 1.54) is 13.0 Å². The van der Waals surface area contributed by atoms with Crippen LogP contribution in [0.2, 0.25) is 0 Å². The molecule has 20 heavy (non-hydrogen) atoms. The lowest BCUT2D eigenvalue weighted by Crippen LogP contribution is -2.20. The number of nitro groups is 1. The van der Waals surface area contributed by atoms with Crippen molar-refractivity contribution in [3.05, 3.63) is 33.9 Å². The van der Waals surface area contributed by atoms with Crippen molar-refractivity contribution in [3.8, 4) is 5.75 Å². The molecule has 1 rings (SSSR count). The van der Waals surface area contributed by atoms with E-state index in [1.807, 2.05) is 0 Å². The number of carbonyl (C=O) groups excluding carboxylic acids is 3. The summed E-state index contributed by atoms with van der Waals surface area (Å²) in [7, 11) is 0. The maximum atomic E-state index is 11.7. The molecule has 8 heteroatoms. The number of benzene rings is 1. The molecule has 0 heterocycles. The van der Waals surface area contributed by atoms with E-state index < -0.39 is 45.9 Å². The molecule has 0 fully saturated rings. The summed E-state index contributed by atoms with van der Waals surface area (Å²) >= 11 is 0. The molecule has 8 nitrogen and oxygen atoms in total. The van der Waals surface area contributed by atoms with E-state index in [4.69, 9.17) is 0 Å². The first-order valence-electron chi connectivity index (χ1n) is 5.58. The Labute approximate surface area is 113 Å². The summed E-state index contributed by atoms with van der Waals surface area (Å²) < 4.78 is 4.42. The second-order valence-electron chi connectivity index (χ2n) is 3.67. The number of esters is 1. The zero-order valence-corrected chi connectivity index (χ0v) is 10.5. The van der Waals surface area contributed by atoms with Gasteiger partial charge in [0, 0.05) is 6.07 Å². The van der Waals surface area contributed by atoms with Crippen molar-refractivity contribution in [3.63, 3.8) is 0 Å². The first-order valence-corrected chi connectivity index (χ1v) is 5.58. The SMILES string of the molecule is CCOC(=O)C(=O)CC(=O)c1cccc([N+](=O)[O-])c1O. The molecule has 0 aliphatic rings. The zero-order chi connectivity index (χ0) is 15.3. The lowest BCUT2D eigenvalue weighted by molar-refractivity contribution is -0.385. The van der Waals surface area contributed by atoms with Crippen molar-refractivity contribution in [2.75, 3.05) is 6.61 Å². The molecule has 1 aromatic carbocycles. The molecule has 0 aliphatic carbocycles. The van der Waals surface area contributed by atoms with Gasteiger partial charge in [0.2, 0.25) is 11.5 Å². The number of phenolic OH excluding ortho intramolecular Hbond substituents is 1. The summed E-state index contributed by atoms with van der Waals surface area (Å²) in [5.74, 6) is -3.98. The van der Waals surface area contributed by atoms with Crippen molar-refractivity contribution in [1.29, 1.82) is 0 Å². The van der Waals surface area contributed by atoms with Crippen molar-refractivity contribution >= 4 is 23.2 Å². The number of phenols is 1. The largest absolute Gasteiger partial charge is 0.502 e. The third kappa shape index (κ3) is 3.37. The van der Waals surface area contributed by atoms with Crippen LogP contribution in [0, 0.1) is 10.1 Å². The number of Topliss-reactive ketones (excluding diaryl/α,β-unsaturated/α-hetero) is 2. The Kier molecular flexibility index (Phi) is 4.90. The topological polar surface area (TPSA) is 124 Å². The zero-order valence-electron chi connectivity index (χ0n) is 10.5. The van der Waals surface area contributed by atoms with E-state index in [1.54, 1.807) is 0 Å². The minimum Gasteiger partial charge on any atom is -0.502 e. The van der Waals surface area contributed by atoms with Crippen LogP contribution in [-0.2, 0) is 14.3 Å².